The van der Waals surface area contributed by atoms with E-state index in [9.17, 15) is 19.5 Å². The number of hydrogen-bond acceptors (Lipinski definition) is 4. The fraction of sp³-hybridized carbons (Fsp3) is 0.192. The average Bonchev–Trinajstić information content (AvgIpc) is 2.85. The molecular weight excluding hydrogens is 578 g/mol. The van der Waals surface area contributed by atoms with Gasteiger partial charge in [-0.2, -0.15) is 0 Å². The Labute approximate surface area is 238 Å². The Bertz CT molecular complexity index is 1400. The molecule has 37 heavy (non-hydrogen) atoms. The van der Waals surface area contributed by atoms with Crippen molar-refractivity contribution >= 4 is 87.3 Å². The van der Waals surface area contributed by atoms with Gasteiger partial charge in [-0.25, -0.2) is 4.79 Å². The highest BCUT2D eigenvalue weighted by Crippen LogP contribution is 2.42. The predicted molar refractivity (Wildman–Crippen MR) is 152 cm³/mol. The Balaban J connectivity index is 1.81. The van der Waals surface area contributed by atoms with Crippen molar-refractivity contribution in [2.45, 2.75) is 37.3 Å². The average molecular weight is 600 g/mol. The number of amides is 2. The maximum Gasteiger partial charge on any atom is 0.338 e. The summed E-state index contributed by atoms with van der Waals surface area (Å²) in [5.74, 6) is -2.46. The second-order valence-corrected chi connectivity index (χ2v) is 10.9. The van der Waals surface area contributed by atoms with E-state index in [1.807, 2.05) is 39.0 Å². The van der Waals surface area contributed by atoms with Crippen molar-refractivity contribution in [1.29, 1.82) is 0 Å². The Morgan fingerprint density at radius 2 is 1.46 bits per heavy atom. The Hall–Kier alpha value is -2.42. The van der Waals surface area contributed by atoms with Crippen molar-refractivity contribution in [2.75, 3.05) is 10.6 Å². The number of thioether (sulfide) groups is 1. The first-order chi connectivity index (χ1) is 17.4. The van der Waals surface area contributed by atoms with E-state index in [0.717, 1.165) is 21.7 Å². The minimum Gasteiger partial charge on any atom is -0.478 e. The molecule has 0 aliphatic heterocycles. The monoisotopic (exact) mass is 598 g/mol. The highest BCUT2D eigenvalue weighted by Gasteiger charge is 2.29. The molecule has 0 radical (unpaired) electrons. The van der Waals surface area contributed by atoms with Gasteiger partial charge >= 0.3 is 5.97 Å². The van der Waals surface area contributed by atoms with E-state index < -0.39 is 33.3 Å². The largest absolute Gasteiger partial charge is 0.478 e. The minimum absolute atomic E-state index is 0.145. The quantitative estimate of drug-likeness (QED) is 0.137. The van der Waals surface area contributed by atoms with Gasteiger partial charge in [-0.3, -0.25) is 9.59 Å². The lowest BCUT2D eigenvalue weighted by molar-refractivity contribution is -0.115. The predicted octanol–water partition coefficient (Wildman–Crippen LogP) is 8.38. The van der Waals surface area contributed by atoms with Crippen LogP contribution in [0.1, 0.15) is 45.2 Å². The highest BCUT2D eigenvalue weighted by atomic mass is 35.5. The topological polar surface area (TPSA) is 95.5 Å². The zero-order valence-electron chi connectivity index (χ0n) is 19.9. The van der Waals surface area contributed by atoms with Crippen molar-refractivity contribution in [1.82, 2.24) is 0 Å². The Morgan fingerprint density at radius 3 is 2.05 bits per heavy atom. The van der Waals surface area contributed by atoms with Crippen LogP contribution in [0.2, 0.25) is 20.1 Å². The number of carbonyl (C=O) groups excluding carboxylic acids is 2. The molecule has 194 valence electrons. The summed E-state index contributed by atoms with van der Waals surface area (Å²) < 4.78 is 0. The molecule has 11 heteroatoms. The van der Waals surface area contributed by atoms with Gasteiger partial charge in [0.2, 0.25) is 5.91 Å². The van der Waals surface area contributed by atoms with Gasteiger partial charge in [-0.15, -0.1) is 11.8 Å². The molecule has 2 amide bonds. The van der Waals surface area contributed by atoms with Gasteiger partial charge in [0.15, 0.2) is 0 Å². The zero-order valence-corrected chi connectivity index (χ0v) is 23.8. The molecule has 0 saturated carbocycles. The van der Waals surface area contributed by atoms with Crippen LogP contribution in [0.25, 0.3) is 0 Å². The number of carboxylic acids is 1. The zero-order chi connectivity index (χ0) is 27.4. The number of hydrogen-bond donors (Lipinski definition) is 3. The van der Waals surface area contributed by atoms with Gasteiger partial charge in [-0.05, 0) is 61.7 Å². The van der Waals surface area contributed by atoms with Crippen LogP contribution in [0.3, 0.4) is 0 Å². The molecule has 3 aromatic carbocycles. The van der Waals surface area contributed by atoms with Crippen molar-refractivity contribution in [3.05, 3.63) is 84.8 Å². The fourth-order valence-electron chi connectivity index (χ4n) is 3.41. The minimum atomic E-state index is -1.49. The van der Waals surface area contributed by atoms with Crippen LogP contribution in [-0.4, -0.2) is 28.1 Å². The molecule has 0 fully saturated rings. The number of aromatic carboxylic acids is 1. The molecule has 0 heterocycles. The summed E-state index contributed by atoms with van der Waals surface area (Å²) in [6.07, 6.45) is 0.567. The van der Waals surface area contributed by atoms with E-state index in [-0.39, 0.29) is 21.0 Å². The number of carbonyl (C=O) groups is 3. The molecule has 3 aromatic rings. The third-order valence-corrected chi connectivity index (χ3v) is 8.68. The molecule has 0 saturated heterocycles. The van der Waals surface area contributed by atoms with Crippen LogP contribution in [0.4, 0.5) is 11.4 Å². The number of benzene rings is 3. The summed E-state index contributed by atoms with van der Waals surface area (Å²) in [5.41, 5.74) is 2.33. The maximum atomic E-state index is 13.0. The van der Waals surface area contributed by atoms with Crippen molar-refractivity contribution < 1.29 is 19.5 Å². The van der Waals surface area contributed by atoms with Crippen LogP contribution < -0.4 is 10.6 Å². The van der Waals surface area contributed by atoms with E-state index in [0.29, 0.717) is 12.1 Å². The maximum absolute atomic E-state index is 13.0. The summed E-state index contributed by atoms with van der Waals surface area (Å²) >= 11 is 25.6. The van der Waals surface area contributed by atoms with Gasteiger partial charge in [0, 0.05) is 16.3 Å². The first-order valence-electron chi connectivity index (χ1n) is 11.0. The highest BCUT2D eigenvalue weighted by molar-refractivity contribution is 8.00. The van der Waals surface area contributed by atoms with Crippen LogP contribution in [0.15, 0.2) is 47.4 Å². The van der Waals surface area contributed by atoms with Gasteiger partial charge in [0.1, 0.15) is 0 Å². The number of nitrogens with one attached hydrogen (secondary N) is 2. The lowest BCUT2D eigenvalue weighted by Gasteiger charge is -2.17. The molecule has 0 spiro atoms. The van der Waals surface area contributed by atoms with E-state index >= 15 is 0 Å². The summed E-state index contributed by atoms with van der Waals surface area (Å²) in [6, 6.07) is 12.5. The normalized spacial score (nSPS) is 11.6. The van der Waals surface area contributed by atoms with Gasteiger partial charge in [0.05, 0.1) is 36.5 Å². The summed E-state index contributed by atoms with van der Waals surface area (Å²) in [5, 5.41) is 13.6. The van der Waals surface area contributed by atoms with Crippen LogP contribution >= 0.6 is 58.2 Å². The van der Waals surface area contributed by atoms with E-state index in [1.54, 1.807) is 24.3 Å². The summed E-state index contributed by atoms with van der Waals surface area (Å²) in [6.45, 7) is 5.89. The second kappa shape index (κ2) is 12.4. The van der Waals surface area contributed by atoms with Crippen LogP contribution in [-0.2, 0) is 4.79 Å². The third kappa shape index (κ3) is 6.72. The number of anilines is 2. The molecule has 1 atom stereocenters. The van der Waals surface area contributed by atoms with E-state index in [4.69, 9.17) is 46.4 Å². The van der Waals surface area contributed by atoms with Crippen molar-refractivity contribution in [3.63, 3.8) is 0 Å². The van der Waals surface area contributed by atoms with Crippen molar-refractivity contribution in [3.8, 4) is 0 Å². The standard InChI is InChI=1S/C26H22Cl4N2O4S/c1-4-17(24(33)31-15-9-8-12(2)13(3)10-15)37-16-7-5-6-14(11-16)32-25(34)18-19(26(35)36)21(28)23(30)22(29)20(18)27/h5-11,17H,4H2,1-3H3,(H,31,33)(H,32,34)(H,35,36). The molecule has 0 aliphatic carbocycles. The molecular formula is C26H22Cl4N2O4S. The molecule has 0 aromatic heterocycles. The fourth-order valence-corrected chi connectivity index (χ4v) is 5.45. The molecule has 0 aliphatic rings. The van der Waals surface area contributed by atoms with E-state index in [1.165, 1.54) is 11.8 Å². The van der Waals surface area contributed by atoms with Crippen LogP contribution in [0.5, 0.6) is 0 Å². The number of aryl methyl sites for hydroxylation is 2. The number of halogens is 4. The van der Waals surface area contributed by atoms with Gasteiger partial charge < -0.3 is 15.7 Å². The summed E-state index contributed by atoms with van der Waals surface area (Å²) in [4.78, 5) is 38.5. The first-order valence-corrected chi connectivity index (χ1v) is 13.4. The molecule has 0 bridgehead atoms. The second-order valence-electron chi connectivity index (χ2n) is 8.10. The molecule has 3 N–H and O–H groups in total. The van der Waals surface area contributed by atoms with Crippen LogP contribution in [0, 0.1) is 13.8 Å². The van der Waals surface area contributed by atoms with Gasteiger partial charge in [-0.1, -0.05) is 65.5 Å². The summed E-state index contributed by atoms with van der Waals surface area (Å²) in [7, 11) is 0. The SMILES string of the molecule is CCC(Sc1cccc(NC(=O)c2c(Cl)c(Cl)c(Cl)c(Cl)c2C(=O)O)c1)C(=O)Nc1ccc(C)c(C)c1. The lowest BCUT2D eigenvalue weighted by Crippen LogP contribution is -2.24. The smallest absolute Gasteiger partial charge is 0.338 e. The number of rotatable bonds is 8. The Morgan fingerprint density at radius 1 is 0.838 bits per heavy atom. The molecule has 3 rings (SSSR count). The lowest BCUT2D eigenvalue weighted by atomic mass is 10.1. The van der Waals surface area contributed by atoms with Gasteiger partial charge in [0.25, 0.3) is 5.91 Å². The molecule has 6 nitrogen and oxygen atoms in total. The van der Waals surface area contributed by atoms with E-state index in [2.05, 4.69) is 10.6 Å². The number of carboxylic acid groups (broad SMARTS) is 1. The first kappa shape index (κ1) is 29.1. The van der Waals surface area contributed by atoms with Crippen molar-refractivity contribution in [2.24, 2.45) is 0 Å². The third-order valence-electron chi connectivity index (χ3n) is 5.52. The molecule has 1 unspecified atom stereocenters. The Kier molecular flexibility index (Phi) is 9.78.